The van der Waals surface area contributed by atoms with E-state index in [0.717, 1.165) is 0 Å². The molecule has 0 unspecified atom stereocenters. The topological polar surface area (TPSA) is 87.6 Å². The molecule has 0 radical (unpaired) electrons. The van der Waals surface area contributed by atoms with Crippen LogP contribution >= 0.6 is 11.8 Å². The lowest BCUT2D eigenvalue weighted by Gasteiger charge is -2.18. The Labute approximate surface area is 142 Å². The molecule has 0 N–H and O–H groups in total. The van der Waals surface area contributed by atoms with Crippen LogP contribution in [0, 0.1) is 0 Å². The Kier molecular flexibility index (Phi) is 4.95. The van der Waals surface area contributed by atoms with E-state index in [1.54, 1.807) is 18.2 Å². The van der Waals surface area contributed by atoms with Crippen LogP contribution in [0.1, 0.15) is 20.7 Å². The Morgan fingerprint density at radius 3 is 2.54 bits per heavy atom. The number of hydrogen-bond acceptors (Lipinski definition) is 8. The second-order valence-corrected chi connectivity index (χ2v) is 5.59. The van der Waals surface area contributed by atoms with Gasteiger partial charge in [-0.25, -0.2) is 14.8 Å². The molecule has 0 spiro atoms. The molecule has 1 aromatic heterocycles. The highest BCUT2D eigenvalue weighted by Gasteiger charge is 2.17. The van der Waals surface area contributed by atoms with Gasteiger partial charge in [0.25, 0.3) is 0 Å². The summed E-state index contributed by atoms with van der Waals surface area (Å²) in [6.07, 6.45) is 4.57. The maximum Gasteiger partial charge on any atom is 0.341 e. The number of aromatic nitrogens is 2. The molecule has 0 saturated heterocycles. The van der Waals surface area contributed by atoms with Gasteiger partial charge in [-0.15, -0.1) is 0 Å². The smallest absolute Gasteiger partial charge is 0.341 e. The Morgan fingerprint density at radius 1 is 1.12 bits per heavy atom. The van der Waals surface area contributed by atoms with E-state index in [0.29, 0.717) is 35.4 Å². The molecule has 0 saturated carbocycles. The molecule has 124 valence electrons. The van der Waals surface area contributed by atoms with Crippen LogP contribution in [0.5, 0.6) is 11.5 Å². The number of benzene rings is 1. The molecule has 8 heteroatoms. The number of hydrogen-bond donors (Lipinski definition) is 0. The lowest BCUT2D eigenvalue weighted by Crippen LogP contribution is -2.17. The molecule has 0 bridgehead atoms. The molecule has 0 atom stereocenters. The van der Waals surface area contributed by atoms with Crippen LogP contribution in [0.2, 0.25) is 0 Å². The van der Waals surface area contributed by atoms with Gasteiger partial charge in [0.15, 0.2) is 29.0 Å². The van der Waals surface area contributed by atoms with Crippen molar-refractivity contribution in [1.29, 1.82) is 0 Å². The quantitative estimate of drug-likeness (QED) is 0.352. The lowest BCUT2D eigenvalue weighted by atomic mass is 10.1. The molecular weight excluding hydrogens is 332 g/mol. The van der Waals surface area contributed by atoms with Gasteiger partial charge in [0.05, 0.1) is 5.56 Å². The van der Waals surface area contributed by atoms with E-state index >= 15 is 0 Å². The molecule has 1 aliphatic rings. The van der Waals surface area contributed by atoms with Crippen LogP contribution in [0.3, 0.4) is 0 Å². The number of carbonyl (C=O) groups excluding carboxylic acids is 2. The number of ether oxygens (including phenoxy) is 3. The molecule has 24 heavy (non-hydrogen) atoms. The standard InChI is InChI=1S/C16H14N2O5S/c1-24-16-17-7-11(8-18-16)15(20)23-9-12(19)10-2-3-13-14(6-10)22-5-4-21-13/h2-3,6-8H,4-5,9H2,1H3. The Balaban J connectivity index is 1.61. The first-order valence-corrected chi connectivity index (χ1v) is 8.36. The van der Waals surface area contributed by atoms with Crippen LogP contribution in [-0.4, -0.2) is 47.8 Å². The zero-order valence-corrected chi connectivity index (χ0v) is 13.7. The minimum absolute atomic E-state index is 0.197. The predicted octanol–water partition coefficient (Wildman–Crippen LogP) is 2.01. The summed E-state index contributed by atoms with van der Waals surface area (Å²) in [5, 5.41) is 0.555. The van der Waals surface area contributed by atoms with Crippen molar-refractivity contribution in [3.63, 3.8) is 0 Å². The first-order valence-electron chi connectivity index (χ1n) is 7.13. The highest BCUT2D eigenvalue weighted by Crippen LogP contribution is 2.30. The maximum atomic E-state index is 12.2. The van der Waals surface area contributed by atoms with Crippen LogP contribution in [0.4, 0.5) is 0 Å². The Hall–Kier alpha value is -2.61. The van der Waals surface area contributed by atoms with Crippen molar-refractivity contribution < 1.29 is 23.8 Å². The molecule has 0 fully saturated rings. The molecule has 7 nitrogen and oxygen atoms in total. The SMILES string of the molecule is CSc1ncc(C(=O)OCC(=O)c2ccc3c(c2)OCCO3)cn1. The molecule has 1 aliphatic heterocycles. The molecule has 0 amide bonds. The zero-order valence-electron chi connectivity index (χ0n) is 12.9. The highest BCUT2D eigenvalue weighted by atomic mass is 32.2. The van der Waals surface area contributed by atoms with Crippen LogP contribution in [-0.2, 0) is 4.74 Å². The van der Waals surface area contributed by atoms with E-state index in [9.17, 15) is 9.59 Å². The third kappa shape index (κ3) is 3.65. The molecular formula is C16H14N2O5S. The van der Waals surface area contributed by atoms with Gasteiger partial charge in [0, 0.05) is 18.0 Å². The number of rotatable bonds is 5. The third-order valence-electron chi connectivity index (χ3n) is 3.24. The number of carbonyl (C=O) groups is 2. The highest BCUT2D eigenvalue weighted by molar-refractivity contribution is 7.98. The Bertz CT molecular complexity index is 764. The summed E-state index contributed by atoms with van der Waals surface area (Å²) in [5.74, 6) is 0.135. The first kappa shape index (κ1) is 16.3. The van der Waals surface area contributed by atoms with Gasteiger partial charge in [-0.2, -0.15) is 0 Å². The Morgan fingerprint density at radius 2 is 1.83 bits per heavy atom. The van der Waals surface area contributed by atoms with Gasteiger partial charge in [-0.1, -0.05) is 11.8 Å². The van der Waals surface area contributed by atoms with E-state index < -0.39 is 5.97 Å². The molecule has 0 aliphatic carbocycles. The minimum atomic E-state index is -0.645. The van der Waals surface area contributed by atoms with E-state index in [2.05, 4.69) is 9.97 Å². The average molecular weight is 346 g/mol. The summed E-state index contributed by atoms with van der Waals surface area (Å²) in [4.78, 5) is 32.0. The van der Waals surface area contributed by atoms with Crippen molar-refractivity contribution in [1.82, 2.24) is 9.97 Å². The van der Waals surface area contributed by atoms with Crippen LogP contribution < -0.4 is 9.47 Å². The minimum Gasteiger partial charge on any atom is -0.486 e. The fourth-order valence-electron chi connectivity index (χ4n) is 2.04. The van der Waals surface area contributed by atoms with Gasteiger partial charge in [-0.05, 0) is 24.5 Å². The monoisotopic (exact) mass is 346 g/mol. The number of ketones is 1. The summed E-state index contributed by atoms with van der Waals surface area (Å²) in [5.41, 5.74) is 0.587. The number of esters is 1. The van der Waals surface area contributed by atoms with Gasteiger partial charge < -0.3 is 14.2 Å². The summed E-state index contributed by atoms with van der Waals surface area (Å²) < 4.78 is 15.8. The average Bonchev–Trinajstić information content (AvgIpc) is 2.65. The van der Waals surface area contributed by atoms with Crippen molar-refractivity contribution in [3.8, 4) is 11.5 Å². The van der Waals surface area contributed by atoms with E-state index in [1.807, 2.05) is 6.26 Å². The second kappa shape index (κ2) is 7.31. The van der Waals surface area contributed by atoms with Crippen LogP contribution in [0.25, 0.3) is 0 Å². The first-order chi connectivity index (χ1) is 11.7. The van der Waals surface area contributed by atoms with Gasteiger partial charge in [-0.3, -0.25) is 4.79 Å². The number of Topliss-reactive ketones (excluding diaryl/α,β-unsaturated/α-hetero) is 1. The van der Waals surface area contributed by atoms with Crippen molar-refractivity contribution >= 4 is 23.5 Å². The van der Waals surface area contributed by atoms with Gasteiger partial charge in [0.1, 0.15) is 13.2 Å². The van der Waals surface area contributed by atoms with Crippen molar-refractivity contribution in [2.45, 2.75) is 5.16 Å². The van der Waals surface area contributed by atoms with Crippen molar-refractivity contribution in [3.05, 3.63) is 41.7 Å². The number of nitrogens with zero attached hydrogens (tertiary/aromatic N) is 2. The largest absolute Gasteiger partial charge is 0.486 e. The van der Waals surface area contributed by atoms with E-state index in [1.165, 1.54) is 24.2 Å². The maximum absolute atomic E-state index is 12.2. The number of fused-ring (bicyclic) bond motifs is 1. The summed E-state index contributed by atoms with van der Waals surface area (Å²) in [6, 6.07) is 4.86. The lowest BCUT2D eigenvalue weighted by molar-refractivity contribution is 0.0473. The summed E-state index contributed by atoms with van der Waals surface area (Å²) in [6.45, 7) is 0.545. The fraction of sp³-hybridized carbons (Fsp3) is 0.250. The van der Waals surface area contributed by atoms with Crippen LogP contribution in [0.15, 0.2) is 35.7 Å². The van der Waals surface area contributed by atoms with E-state index in [4.69, 9.17) is 14.2 Å². The molecule has 3 rings (SSSR count). The third-order valence-corrected chi connectivity index (χ3v) is 3.82. The predicted molar refractivity (Wildman–Crippen MR) is 85.9 cm³/mol. The summed E-state index contributed by atoms with van der Waals surface area (Å²) in [7, 11) is 0. The normalized spacial score (nSPS) is 12.5. The molecule has 2 heterocycles. The zero-order chi connectivity index (χ0) is 16.9. The summed E-state index contributed by atoms with van der Waals surface area (Å²) >= 11 is 1.37. The molecule has 1 aromatic carbocycles. The van der Waals surface area contributed by atoms with Crippen molar-refractivity contribution in [2.24, 2.45) is 0 Å². The molecule has 2 aromatic rings. The number of thioether (sulfide) groups is 1. The van der Waals surface area contributed by atoms with Crippen molar-refractivity contribution in [2.75, 3.05) is 26.1 Å². The van der Waals surface area contributed by atoms with Gasteiger partial charge >= 0.3 is 5.97 Å². The van der Waals surface area contributed by atoms with Gasteiger partial charge in [0.2, 0.25) is 0 Å². The second-order valence-electron chi connectivity index (χ2n) is 4.82. The van der Waals surface area contributed by atoms with E-state index in [-0.39, 0.29) is 18.0 Å². The fourth-order valence-corrected chi connectivity index (χ4v) is 2.36.